The highest BCUT2D eigenvalue weighted by Crippen LogP contribution is 2.60. The van der Waals surface area contributed by atoms with Gasteiger partial charge in [-0.15, -0.1) is 11.6 Å². The van der Waals surface area contributed by atoms with Gasteiger partial charge in [-0.2, -0.15) is 4.91 Å². The number of hydrogen-bond acceptors (Lipinski definition) is 2. The van der Waals surface area contributed by atoms with Gasteiger partial charge >= 0.3 is 0 Å². The van der Waals surface area contributed by atoms with E-state index in [1.54, 1.807) is 0 Å². The number of rotatable bonds is 1. The summed E-state index contributed by atoms with van der Waals surface area (Å²) < 4.78 is 0. The van der Waals surface area contributed by atoms with E-state index in [1.165, 1.54) is 25.7 Å². The monoisotopic (exact) mass is 199 g/mol. The van der Waals surface area contributed by atoms with Gasteiger partial charge in [-0.25, -0.2) is 0 Å². The topological polar surface area (TPSA) is 29.4 Å². The Bertz CT molecular complexity index is 245. The van der Waals surface area contributed by atoms with Gasteiger partial charge in [0.25, 0.3) is 0 Å². The SMILES string of the molecule is O=N[C@@H]1[C@H](Cl)[C@H]2C[C@H]1[C@@H]1CCC[C@H]12. The van der Waals surface area contributed by atoms with Gasteiger partial charge in [-0.1, -0.05) is 11.6 Å². The fourth-order valence-electron chi connectivity index (χ4n) is 4.13. The van der Waals surface area contributed by atoms with E-state index in [4.69, 9.17) is 11.6 Å². The van der Waals surface area contributed by atoms with Gasteiger partial charge in [0.15, 0.2) is 0 Å². The minimum Gasteiger partial charge on any atom is -0.150 e. The molecule has 3 saturated carbocycles. The van der Waals surface area contributed by atoms with Crippen LogP contribution in [0.3, 0.4) is 0 Å². The maximum absolute atomic E-state index is 10.7. The van der Waals surface area contributed by atoms with Gasteiger partial charge in [0.1, 0.15) is 6.04 Å². The molecule has 0 aromatic carbocycles. The number of hydrogen-bond donors (Lipinski definition) is 0. The van der Waals surface area contributed by atoms with E-state index in [9.17, 15) is 4.91 Å². The van der Waals surface area contributed by atoms with Gasteiger partial charge in [0.05, 0.1) is 5.38 Å². The van der Waals surface area contributed by atoms with Crippen LogP contribution in [0, 0.1) is 28.6 Å². The van der Waals surface area contributed by atoms with Crippen molar-refractivity contribution in [3.63, 3.8) is 0 Å². The Kier molecular flexibility index (Phi) is 1.70. The normalized spacial score (nSPS) is 58.2. The molecule has 6 atom stereocenters. The molecule has 3 heteroatoms. The zero-order valence-electron chi connectivity index (χ0n) is 7.53. The zero-order valence-corrected chi connectivity index (χ0v) is 8.28. The molecule has 3 aliphatic carbocycles. The molecule has 0 spiro atoms. The third-order valence-corrected chi connectivity index (χ3v) is 5.15. The van der Waals surface area contributed by atoms with Crippen LogP contribution in [-0.4, -0.2) is 11.4 Å². The average Bonchev–Trinajstić information content (AvgIpc) is 2.71. The molecular weight excluding hydrogens is 186 g/mol. The Morgan fingerprint density at radius 1 is 1.08 bits per heavy atom. The van der Waals surface area contributed by atoms with Crippen LogP contribution in [0.25, 0.3) is 0 Å². The molecular formula is C10H14ClNO. The van der Waals surface area contributed by atoms with Gasteiger partial charge in [0.2, 0.25) is 0 Å². The van der Waals surface area contributed by atoms with Gasteiger partial charge in [-0.05, 0) is 42.9 Å². The molecule has 0 saturated heterocycles. The van der Waals surface area contributed by atoms with Crippen LogP contribution >= 0.6 is 11.6 Å². The second kappa shape index (κ2) is 2.69. The molecule has 0 radical (unpaired) electrons. The highest BCUT2D eigenvalue weighted by molar-refractivity contribution is 6.21. The van der Waals surface area contributed by atoms with Crippen LogP contribution in [-0.2, 0) is 0 Å². The van der Waals surface area contributed by atoms with Crippen molar-refractivity contribution in [2.45, 2.75) is 37.1 Å². The summed E-state index contributed by atoms with van der Waals surface area (Å²) in [6.07, 6.45) is 5.19. The molecule has 0 aromatic rings. The second-order valence-electron chi connectivity index (χ2n) is 4.86. The number of fused-ring (bicyclic) bond motifs is 5. The lowest BCUT2D eigenvalue weighted by Gasteiger charge is -2.31. The Labute approximate surface area is 83.0 Å². The summed E-state index contributed by atoms with van der Waals surface area (Å²) in [5.41, 5.74) is 0. The fourth-order valence-corrected chi connectivity index (χ4v) is 4.65. The van der Waals surface area contributed by atoms with Crippen LogP contribution in [0.15, 0.2) is 5.18 Å². The number of nitrogens with zero attached hydrogens (tertiary/aromatic N) is 1. The van der Waals surface area contributed by atoms with Crippen molar-refractivity contribution in [2.75, 3.05) is 0 Å². The molecule has 3 fully saturated rings. The van der Waals surface area contributed by atoms with E-state index in [2.05, 4.69) is 5.18 Å². The maximum Gasteiger partial charge on any atom is 0.112 e. The summed E-state index contributed by atoms with van der Waals surface area (Å²) >= 11 is 6.25. The summed E-state index contributed by atoms with van der Waals surface area (Å²) in [5, 5.41) is 3.29. The lowest BCUT2D eigenvalue weighted by Crippen LogP contribution is -2.35. The molecule has 3 rings (SSSR count). The Hall–Kier alpha value is -0.110. The van der Waals surface area contributed by atoms with Gasteiger partial charge in [0, 0.05) is 0 Å². The van der Waals surface area contributed by atoms with Crippen LogP contribution in [0.4, 0.5) is 0 Å². The van der Waals surface area contributed by atoms with Crippen molar-refractivity contribution < 1.29 is 0 Å². The predicted molar refractivity (Wildman–Crippen MR) is 51.7 cm³/mol. The smallest absolute Gasteiger partial charge is 0.112 e. The molecule has 2 bridgehead atoms. The Morgan fingerprint density at radius 3 is 2.46 bits per heavy atom. The number of alkyl halides is 1. The van der Waals surface area contributed by atoms with Gasteiger partial charge in [-0.3, -0.25) is 0 Å². The largest absolute Gasteiger partial charge is 0.150 e. The van der Waals surface area contributed by atoms with E-state index in [0.717, 1.165) is 11.8 Å². The average molecular weight is 200 g/mol. The molecule has 0 N–H and O–H groups in total. The molecule has 0 amide bonds. The van der Waals surface area contributed by atoms with E-state index in [-0.39, 0.29) is 11.4 Å². The minimum absolute atomic E-state index is 0.0573. The first-order valence-corrected chi connectivity index (χ1v) is 5.73. The molecule has 0 unspecified atom stereocenters. The molecule has 3 aliphatic rings. The molecule has 2 nitrogen and oxygen atoms in total. The highest BCUT2D eigenvalue weighted by Gasteiger charge is 2.59. The predicted octanol–water partition coefficient (Wildman–Crippen LogP) is 2.79. The van der Waals surface area contributed by atoms with Crippen LogP contribution in [0.5, 0.6) is 0 Å². The van der Waals surface area contributed by atoms with E-state index < -0.39 is 0 Å². The van der Waals surface area contributed by atoms with Crippen molar-refractivity contribution in [1.29, 1.82) is 0 Å². The zero-order chi connectivity index (χ0) is 9.00. The maximum atomic E-state index is 10.7. The van der Waals surface area contributed by atoms with Crippen LogP contribution in [0.2, 0.25) is 0 Å². The Morgan fingerprint density at radius 2 is 1.77 bits per heavy atom. The summed E-state index contributed by atoms with van der Waals surface area (Å²) in [6.45, 7) is 0. The quantitative estimate of drug-likeness (QED) is 0.472. The number of nitroso groups, excluding NO2 is 1. The summed E-state index contributed by atoms with van der Waals surface area (Å²) in [4.78, 5) is 10.7. The molecule has 13 heavy (non-hydrogen) atoms. The van der Waals surface area contributed by atoms with E-state index in [1.807, 2.05) is 0 Å². The fraction of sp³-hybridized carbons (Fsp3) is 1.00. The lowest BCUT2D eigenvalue weighted by atomic mass is 9.79. The molecule has 0 aliphatic heterocycles. The lowest BCUT2D eigenvalue weighted by molar-refractivity contribution is 0.238. The first-order chi connectivity index (χ1) is 6.33. The first kappa shape index (κ1) is 8.22. The minimum atomic E-state index is -0.0639. The highest BCUT2D eigenvalue weighted by atomic mass is 35.5. The summed E-state index contributed by atoms with van der Waals surface area (Å²) in [7, 11) is 0. The van der Waals surface area contributed by atoms with Crippen LogP contribution in [0.1, 0.15) is 25.7 Å². The van der Waals surface area contributed by atoms with Crippen molar-refractivity contribution >= 4 is 11.6 Å². The number of halogens is 1. The van der Waals surface area contributed by atoms with Gasteiger partial charge < -0.3 is 0 Å². The molecule has 0 aromatic heterocycles. The van der Waals surface area contributed by atoms with E-state index >= 15 is 0 Å². The standard InChI is InChI=1S/C10H14ClNO/c11-9-7-4-8(10(9)12-13)6-3-1-2-5(6)7/h5-10H,1-4H2/t5-,6-,7+,8+,9-,10+/m1/s1. The third-order valence-electron chi connectivity index (χ3n) is 4.56. The molecule has 0 heterocycles. The van der Waals surface area contributed by atoms with Crippen molar-refractivity contribution in [3.05, 3.63) is 4.91 Å². The summed E-state index contributed by atoms with van der Waals surface area (Å²) in [5.74, 6) is 2.78. The second-order valence-corrected chi connectivity index (χ2v) is 5.37. The third kappa shape index (κ3) is 0.903. The van der Waals surface area contributed by atoms with Crippen molar-refractivity contribution in [2.24, 2.45) is 28.8 Å². The Balaban J connectivity index is 1.91. The molecule has 72 valence electrons. The van der Waals surface area contributed by atoms with Crippen molar-refractivity contribution in [1.82, 2.24) is 0 Å². The first-order valence-electron chi connectivity index (χ1n) is 5.29. The van der Waals surface area contributed by atoms with Crippen molar-refractivity contribution in [3.8, 4) is 0 Å². The van der Waals surface area contributed by atoms with E-state index in [0.29, 0.717) is 11.8 Å². The van der Waals surface area contributed by atoms with Crippen LogP contribution < -0.4 is 0 Å². The summed E-state index contributed by atoms with van der Waals surface area (Å²) in [6, 6.07) is -0.0639.